The molecule has 1 fully saturated rings. The first kappa shape index (κ1) is 26.3. The van der Waals surface area contributed by atoms with E-state index in [-0.39, 0.29) is 18.2 Å². The van der Waals surface area contributed by atoms with Gasteiger partial charge in [-0.15, -0.1) is 0 Å². The van der Waals surface area contributed by atoms with Crippen LogP contribution in [0.1, 0.15) is 53.4 Å². The van der Waals surface area contributed by atoms with E-state index in [0.29, 0.717) is 19.4 Å². The first-order chi connectivity index (χ1) is 14.4. The number of carbonyl (C=O) groups is 5. The molecule has 1 saturated heterocycles. The Balaban J connectivity index is 2.96. The lowest BCUT2D eigenvalue weighted by atomic mass is 10.0. The van der Waals surface area contributed by atoms with Crippen LogP contribution in [0, 0.1) is 11.8 Å². The lowest BCUT2D eigenvalue weighted by molar-refractivity contribution is -0.144. The van der Waals surface area contributed by atoms with E-state index in [1.54, 1.807) is 27.7 Å². The third-order valence-corrected chi connectivity index (χ3v) is 5.35. The molecule has 0 spiro atoms. The molecule has 0 bridgehead atoms. The summed E-state index contributed by atoms with van der Waals surface area (Å²) >= 11 is 0. The van der Waals surface area contributed by atoms with E-state index in [1.807, 2.05) is 0 Å². The highest BCUT2D eigenvalue weighted by Crippen LogP contribution is 2.20. The molecular weight excluding hydrogens is 408 g/mol. The molecule has 0 radical (unpaired) electrons. The van der Waals surface area contributed by atoms with Gasteiger partial charge in [0.05, 0.1) is 6.04 Å². The second-order valence-corrected chi connectivity index (χ2v) is 8.52. The molecule has 1 heterocycles. The first-order valence-corrected chi connectivity index (χ1v) is 10.5. The van der Waals surface area contributed by atoms with Gasteiger partial charge in [-0.3, -0.25) is 19.2 Å². The van der Waals surface area contributed by atoms with Gasteiger partial charge in [0.1, 0.15) is 18.1 Å². The molecular formula is C20H34N4O7. The van der Waals surface area contributed by atoms with Crippen LogP contribution >= 0.6 is 0 Å². The minimum atomic E-state index is -1.25. The molecule has 11 nitrogen and oxygen atoms in total. The van der Waals surface area contributed by atoms with Crippen molar-refractivity contribution >= 4 is 29.7 Å². The fourth-order valence-corrected chi connectivity index (χ4v) is 3.35. The van der Waals surface area contributed by atoms with E-state index in [2.05, 4.69) is 10.6 Å². The summed E-state index contributed by atoms with van der Waals surface area (Å²) in [5.74, 6) is -4.67. The number of nitrogens with zero attached hydrogens (tertiary/aromatic N) is 1. The minimum absolute atomic E-state index is 0.116. The molecule has 3 amide bonds. The lowest BCUT2D eigenvalue weighted by Crippen LogP contribution is -2.57. The average molecular weight is 443 g/mol. The van der Waals surface area contributed by atoms with Crippen LogP contribution in [0.15, 0.2) is 0 Å². The predicted octanol–water partition coefficient (Wildman–Crippen LogP) is -0.464. The topological polar surface area (TPSA) is 179 Å². The third kappa shape index (κ3) is 7.50. The number of rotatable bonds is 11. The standard InChI is InChI=1S/C20H34N4O7/c1-10(2)15(21)19(29)24-9-5-6-13(24)18(28)22-12(7-8-14(25)26)17(27)23-16(11(3)4)20(30)31/h10-13,15-16H,5-9,21H2,1-4H3,(H,22,28)(H,23,27)(H,25,26)(H,30,31). The number of likely N-dealkylation sites (tertiary alicyclic amines) is 1. The summed E-state index contributed by atoms with van der Waals surface area (Å²) in [7, 11) is 0. The number of carboxylic acid groups (broad SMARTS) is 2. The van der Waals surface area contributed by atoms with E-state index in [1.165, 1.54) is 4.90 Å². The van der Waals surface area contributed by atoms with Crippen LogP contribution in [0.4, 0.5) is 0 Å². The van der Waals surface area contributed by atoms with Crippen LogP contribution in [0.2, 0.25) is 0 Å². The fraction of sp³-hybridized carbons (Fsp3) is 0.750. The van der Waals surface area contributed by atoms with E-state index in [9.17, 15) is 29.1 Å². The van der Waals surface area contributed by atoms with Crippen LogP contribution in [-0.4, -0.2) is 75.5 Å². The van der Waals surface area contributed by atoms with Crippen molar-refractivity contribution in [3.05, 3.63) is 0 Å². The zero-order valence-corrected chi connectivity index (χ0v) is 18.5. The number of amides is 3. The Morgan fingerprint density at radius 2 is 1.65 bits per heavy atom. The first-order valence-electron chi connectivity index (χ1n) is 10.5. The largest absolute Gasteiger partial charge is 0.481 e. The Bertz CT molecular complexity index is 695. The van der Waals surface area contributed by atoms with E-state index in [0.717, 1.165) is 0 Å². The van der Waals surface area contributed by atoms with Gasteiger partial charge in [0.15, 0.2) is 0 Å². The molecule has 1 aliphatic heterocycles. The average Bonchev–Trinajstić information content (AvgIpc) is 3.16. The quantitative estimate of drug-likeness (QED) is 0.285. The SMILES string of the molecule is CC(C)C(N)C(=O)N1CCCC1C(=O)NC(CCC(=O)O)C(=O)NC(C(=O)O)C(C)C. The number of nitrogens with one attached hydrogen (secondary N) is 2. The van der Waals surface area contributed by atoms with Gasteiger partial charge >= 0.3 is 11.9 Å². The van der Waals surface area contributed by atoms with Gasteiger partial charge in [-0.25, -0.2) is 4.79 Å². The number of carbonyl (C=O) groups excluding carboxylic acids is 3. The van der Waals surface area contributed by atoms with Crippen molar-refractivity contribution < 1.29 is 34.2 Å². The normalized spacial score (nSPS) is 19.1. The van der Waals surface area contributed by atoms with Crippen LogP contribution in [0.3, 0.4) is 0 Å². The summed E-state index contributed by atoms with van der Waals surface area (Å²) in [6.07, 6.45) is 0.362. The van der Waals surface area contributed by atoms with Crippen LogP contribution < -0.4 is 16.4 Å². The summed E-state index contributed by atoms with van der Waals surface area (Å²) in [5.41, 5.74) is 5.94. The Morgan fingerprint density at radius 3 is 2.13 bits per heavy atom. The number of hydrogen-bond acceptors (Lipinski definition) is 6. The second kappa shape index (κ2) is 11.6. The molecule has 176 valence electrons. The van der Waals surface area contributed by atoms with Crippen molar-refractivity contribution in [3.8, 4) is 0 Å². The van der Waals surface area contributed by atoms with E-state index >= 15 is 0 Å². The molecule has 0 aromatic heterocycles. The molecule has 0 aliphatic carbocycles. The van der Waals surface area contributed by atoms with Gasteiger partial charge in [-0.2, -0.15) is 0 Å². The van der Waals surface area contributed by atoms with E-state index in [4.69, 9.17) is 10.8 Å². The van der Waals surface area contributed by atoms with Crippen molar-refractivity contribution in [1.82, 2.24) is 15.5 Å². The maximum atomic E-state index is 12.9. The number of hydrogen-bond donors (Lipinski definition) is 5. The number of carboxylic acids is 2. The molecule has 1 aliphatic rings. The maximum absolute atomic E-state index is 12.9. The summed E-state index contributed by atoms with van der Waals surface area (Å²) < 4.78 is 0. The van der Waals surface area contributed by atoms with Crippen LogP contribution in [0.5, 0.6) is 0 Å². The fourth-order valence-electron chi connectivity index (χ4n) is 3.35. The molecule has 0 saturated carbocycles. The van der Waals surface area contributed by atoms with Crippen molar-refractivity contribution in [2.75, 3.05) is 6.54 Å². The third-order valence-electron chi connectivity index (χ3n) is 5.35. The minimum Gasteiger partial charge on any atom is -0.481 e. The smallest absolute Gasteiger partial charge is 0.326 e. The van der Waals surface area contributed by atoms with Gasteiger partial charge in [0.2, 0.25) is 17.7 Å². The van der Waals surface area contributed by atoms with Gasteiger partial charge in [0.25, 0.3) is 0 Å². The van der Waals surface area contributed by atoms with Crippen LogP contribution in [-0.2, 0) is 24.0 Å². The predicted molar refractivity (Wildman–Crippen MR) is 111 cm³/mol. The molecule has 11 heteroatoms. The summed E-state index contributed by atoms with van der Waals surface area (Å²) in [6.45, 7) is 7.19. The zero-order chi connectivity index (χ0) is 23.9. The molecule has 6 N–H and O–H groups in total. The monoisotopic (exact) mass is 442 g/mol. The van der Waals surface area contributed by atoms with Crippen molar-refractivity contribution in [3.63, 3.8) is 0 Å². The Hall–Kier alpha value is -2.69. The van der Waals surface area contributed by atoms with Crippen molar-refractivity contribution in [1.29, 1.82) is 0 Å². The van der Waals surface area contributed by atoms with Crippen molar-refractivity contribution in [2.45, 2.75) is 77.5 Å². The highest BCUT2D eigenvalue weighted by atomic mass is 16.4. The van der Waals surface area contributed by atoms with Gasteiger partial charge in [0, 0.05) is 13.0 Å². The second-order valence-electron chi connectivity index (χ2n) is 8.52. The summed E-state index contributed by atoms with van der Waals surface area (Å²) in [4.78, 5) is 61.9. The molecule has 31 heavy (non-hydrogen) atoms. The molecule has 4 atom stereocenters. The van der Waals surface area contributed by atoms with Gasteiger partial charge in [-0.05, 0) is 31.1 Å². The highest BCUT2D eigenvalue weighted by molar-refractivity contribution is 5.94. The Kier molecular flexibility index (Phi) is 9.89. The van der Waals surface area contributed by atoms with E-state index < -0.39 is 60.3 Å². The lowest BCUT2D eigenvalue weighted by Gasteiger charge is -2.29. The zero-order valence-electron chi connectivity index (χ0n) is 18.5. The maximum Gasteiger partial charge on any atom is 0.326 e. The molecule has 1 rings (SSSR count). The summed E-state index contributed by atoms with van der Waals surface area (Å²) in [6, 6.07) is -4.02. The molecule has 4 unspecified atom stereocenters. The van der Waals surface area contributed by atoms with Crippen molar-refractivity contribution in [2.24, 2.45) is 17.6 Å². The van der Waals surface area contributed by atoms with Gasteiger partial charge in [-0.1, -0.05) is 27.7 Å². The number of aliphatic carboxylic acids is 2. The highest BCUT2D eigenvalue weighted by Gasteiger charge is 2.38. The Labute approximate surface area is 181 Å². The van der Waals surface area contributed by atoms with Gasteiger partial charge < -0.3 is 31.5 Å². The Morgan fingerprint density at radius 1 is 1.03 bits per heavy atom. The van der Waals surface area contributed by atoms with Crippen LogP contribution in [0.25, 0.3) is 0 Å². The number of nitrogens with two attached hydrogens (primary N) is 1. The molecule has 0 aromatic rings. The summed E-state index contributed by atoms with van der Waals surface area (Å²) in [5, 5.41) is 23.1. The molecule has 0 aromatic carbocycles.